The van der Waals surface area contributed by atoms with Crippen molar-refractivity contribution >= 4 is 24.8 Å². The predicted octanol–water partition coefficient (Wildman–Crippen LogP) is 2.05. The molecule has 1 aliphatic heterocycles. The third kappa shape index (κ3) is 7.56. The van der Waals surface area contributed by atoms with E-state index in [1.54, 1.807) is 0 Å². The maximum absolute atomic E-state index is 5.73. The van der Waals surface area contributed by atoms with Crippen LogP contribution in [0, 0.1) is 0 Å². The van der Waals surface area contributed by atoms with E-state index in [1.165, 1.54) is 38.8 Å². The molecule has 2 nitrogen and oxygen atoms in total. The molecular formula is C9H22Cl2N2. The normalized spacial score (nSPS) is 20.8. The van der Waals surface area contributed by atoms with Crippen molar-refractivity contribution in [3.05, 3.63) is 0 Å². The lowest BCUT2D eigenvalue weighted by Gasteiger charge is -2.21. The zero-order chi connectivity index (χ0) is 8.10. The topological polar surface area (TPSA) is 29.3 Å². The first-order chi connectivity index (χ1) is 5.29. The van der Waals surface area contributed by atoms with Gasteiger partial charge in [-0.25, -0.2) is 0 Å². The summed E-state index contributed by atoms with van der Waals surface area (Å²) in [4.78, 5) is 2.50. The van der Waals surface area contributed by atoms with Crippen LogP contribution in [0.2, 0.25) is 0 Å². The zero-order valence-electron chi connectivity index (χ0n) is 8.37. The molecule has 0 bridgehead atoms. The standard InChI is InChI=1S/C9H20N2.2ClH/c1-9(10)8-11-6-4-2-3-5-7-11;;/h9H,2-8,10H2,1H3;2*1H/t9-;;/m1../s1. The van der Waals surface area contributed by atoms with E-state index in [0.29, 0.717) is 6.04 Å². The summed E-state index contributed by atoms with van der Waals surface area (Å²) in [6.45, 7) is 5.70. The van der Waals surface area contributed by atoms with Crippen LogP contribution in [0.15, 0.2) is 0 Å². The van der Waals surface area contributed by atoms with Crippen LogP contribution >= 0.6 is 24.8 Å². The molecule has 0 saturated carbocycles. The van der Waals surface area contributed by atoms with E-state index < -0.39 is 0 Å². The Balaban J connectivity index is 0. The van der Waals surface area contributed by atoms with E-state index in [0.717, 1.165) is 6.54 Å². The summed E-state index contributed by atoms with van der Waals surface area (Å²) in [6, 6.07) is 0.341. The van der Waals surface area contributed by atoms with E-state index in [9.17, 15) is 0 Å². The molecule has 0 aliphatic carbocycles. The Morgan fingerprint density at radius 2 is 1.54 bits per heavy atom. The Morgan fingerprint density at radius 1 is 1.08 bits per heavy atom. The number of hydrogen-bond acceptors (Lipinski definition) is 2. The molecule has 2 N–H and O–H groups in total. The summed E-state index contributed by atoms with van der Waals surface area (Å²) in [5.41, 5.74) is 5.73. The first kappa shape index (κ1) is 15.9. The molecule has 1 atom stereocenters. The highest BCUT2D eigenvalue weighted by Gasteiger charge is 2.09. The largest absolute Gasteiger partial charge is 0.327 e. The Morgan fingerprint density at radius 3 is 1.92 bits per heavy atom. The Hall–Kier alpha value is 0.500. The minimum Gasteiger partial charge on any atom is -0.327 e. The van der Waals surface area contributed by atoms with Gasteiger partial charge in [-0.05, 0) is 32.9 Å². The highest BCUT2D eigenvalue weighted by Crippen LogP contribution is 2.09. The van der Waals surface area contributed by atoms with Gasteiger partial charge in [0.15, 0.2) is 0 Å². The molecule has 13 heavy (non-hydrogen) atoms. The summed E-state index contributed by atoms with van der Waals surface area (Å²) >= 11 is 0. The van der Waals surface area contributed by atoms with Crippen molar-refractivity contribution < 1.29 is 0 Å². The monoisotopic (exact) mass is 228 g/mol. The number of halogens is 2. The summed E-state index contributed by atoms with van der Waals surface area (Å²) in [5, 5.41) is 0. The van der Waals surface area contributed by atoms with Crippen LogP contribution in [-0.4, -0.2) is 30.6 Å². The van der Waals surface area contributed by atoms with E-state index in [-0.39, 0.29) is 24.8 Å². The van der Waals surface area contributed by atoms with E-state index in [1.807, 2.05) is 0 Å². The second-order valence-electron chi connectivity index (χ2n) is 3.69. The van der Waals surface area contributed by atoms with E-state index >= 15 is 0 Å². The minimum absolute atomic E-state index is 0. The number of nitrogens with two attached hydrogens (primary N) is 1. The van der Waals surface area contributed by atoms with Gasteiger partial charge in [-0.15, -0.1) is 24.8 Å². The summed E-state index contributed by atoms with van der Waals surface area (Å²) in [7, 11) is 0. The highest BCUT2D eigenvalue weighted by molar-refractivity contribution is 5.85. The van der Waals surface area contributed by atoms with Crippen LogP contribution in [0.25, 0.3) is 0 Å². The molecular weight excluding hydrogens is 207 g/mol. The number of rotatable bonds is 2. The second-order valence-corrected chi connectivity index (χ2v) is 3.69. The van der Waals surface area contributed by atoms with Crippen molar-refractivity contribution in [1.29, 1.82) is 0 Å². The van der Waals surface area contributed by atoms with Crippen molar-refractivity contribution in [3.63, 3.8) is 0 Å². The quantitative estimate of drug-likeness (QED) is 0.785. The predicted molar refractivity (Wildman–Crippen MR) is 63.1 cm³/mol. The van der Waals surface area contributed by atoms with Gasteiger partial charge in [0.25, 0.3) is 0 Å². The van der Waals surface area contributed by atoms with Crippen LogP contribution in [0.1, 0.15) is 32.6 Å². The fraction of sp³-hybridized carbons (Fsp3) is 1.00. The SMILES string of the molecule is C[C@@H](N)CN1CCCCCC1.Cl.Cl. The molecule has 0 amide bonds. The maximum Gasteiger partial charge on any atom is 0.0139 e. The van der Waals surface area contributed by atoms with Gasteiger partial charge < -0.3 is 10.6 Å². The first-order valence-electron chi connectivity index (χ1n) is 4.77. The lowest BCUT2D eigenvalue weighted by molar-refractivity contribution is 0.272. The molecule has 1 rings (SSSR count). The average molecular weight is 229 g/mol. The van der Waals surface area contributed by atoms with Crippen LogP contribution in [-0.2, 0) is 0 Å². The fourth-order valence-corrected chi connectivity index (χ4v) is 1.73. The molecule has 1 fully saturated rings. The Kier molecular flexibility index (Phi) is 11.1. The van der Waals surface area contributed by atoms with Gasteiger partial charge in [0.2, 0.25) is 0 Å². The molecule has 0 radical (unpaired) electrons. The lowest BCUT2D eigenvalue weighted by atomic mass is 10.2. The van der Waals surface area contributed by atoms with Crippen molar-refractivity contribution in [2.24, 2.45) is 5.73 Å². The van der Waals surface area contributed by atoms with Crippen LogP contribution in [0.5, 0.6) is 0 Å². The van der Waals surface area contributed by atoms with Crippen LogP contribution in [0.3, 0.4) is 0 Å². The van der Waals surface area contributed by atoms with Crippen LogP contribution in [0.4, 0.5) is 0 Å². The molecule has 0 aromatic rings. The lowest BCUT2D eigenvalue weighted by Crippen LogP contribution is -2.36. The zero-order valence-corrected chi connectivity index (χ0v) is 10.0. The summed E-state index contributed by atoms with van der Waals surface area (Å²) in [6.07, 6.45) is 5.56. The summed E-state index contributed by atoms with van der Waals surface area (Å²) in [5.74, 6) is 0. The van der Waals surface area contributed by atoms with Crippen molar-refractivity contribution in [1.82, 2.24) is 4.90 Å². The third-order valence-electron chi connectivity index (χ3n) is 2.24. The van der Waals surface area contributed by atoms with Gasteiger partial charge in [-0.3, -0.25) is 0 Å². The number of likely N-dealkylation sites (tertiary alicyclic amines) is 1. The fourth-order valence-electron chi connectivity index (χ4n) is 1.73. The molecule has 1 aliphatic rings. The smallest absolute Gasteiger partial charge is 0.0139 e. The van der Waals surface area contributed by atoms with E-state index in [4.69, 9.17) is 5.73 Å². The molecule has 1 heterocycles. The number of hydrogen-bond donors (Lipinski definition) is 1. The third-order valence-corrected chi connectivity index (χ3v) is 2.24. The van der Waals surface area contributed by atoms with E-state index in [2.05, 4.69) is 11.8 Å². The number of nitrogens with zero attached hydrogens (tertiary/aromatic N) is 1. The Bertz CT molecular complexity index is 102. The molecule has 4 heteroatoms. The van der Waals surface area contributed by atoms with Gasteiger partial charge in [-0.2, -0.15) is 0 Å². The molecule has 0 aromatic carbocycles. The highest BCUT2D eigenvalue weighted by atomic mass is 35.5. The molecule has 0 spiro atoms. The molecule has 0 aromatic heterocycles. The molecule has 0 unspecified atom stereocenters. The van der Waals surface area contributed by atoms with Crippen molar-refractivity contribution in [2.75, 3.05) is 19.6 Å². The minimum atomic E-state index is 0. The average Bonchev–Trinajstić information content (AvgIpc) is 2.14. The van der Waals surface area contributed by atoms with Gasteiger partial charge in [0.1, 0.15) is 0 Å². The van der Waals surface area contributed by atoms with Gasteiger partial charge >= 0.3 is 0 Å². The van der Waals surface area contributed by atoms with Crippen molar-refractivity contribution in [2.45, 2.75) is 38.6 Å². The maximum atomic E-state index is 5.73. The second kappa shape index (κ2) is 9.07. The van der Waals surface area contributed by atoms with Gasteiger partial charge in [0.05, 0.1) is 0 Å². The molecule has 82 valence electrons. The Labute approximate surface area is 94.1 Å². The molecule has 1 saturated heterocycles. The van der Waals surface area contributed by atoms with Gasteiger partial charge in [0, 0.05) is 12.6 Å². The first-order valence-corrected chi connectivity index (χ1v) is 4.77. The van der Waals surface area contributed by atoms with Gasteiger partial charge in [-0.1, -0.05) is 12.8 Å². The van der Waals surface area contributed by atoms with Crippen LogP contribution < -0.4 is 5.73 Å². The summed E-state index contributed by atoms with van der Waals surface area (Å²) < 4.78 is 0. The van der Waals surface area contributed by atoms with Crippen molar-refractivity contribution in [3.8, 4) is 0 Å².